The van der Waals surface area contributed by atoms with Crippen molar-refractivity contribution >= 4 is 67.4 Å². The lowest BCUT2D eigenvalue weighted by molar-refractivity contribution is 0.435. The summed E-state index contributed by atoms with van der Waals surface area (Å²) in [5.41, 5.74) is 12.2. The summed E-state index contributed by atoms with van der Waals surface area (Å²) in [7, 11) is -3.27. The van der Waals surface area contributed by atoms with Crippen LogP contribution in [0.1, 0.15) is 22.3 Å². The van der Waals surface area contributed by atoms with Crippen molar-refractivity contribution in [2.75, 3.05) is 4.90 Å². The molecule has 72 heavy (non-hydrogen) atoms. The highest BCUT2D eigenvalue weighted by molar-refractivity contribution is 7.21. The first-order valence-corrected chi connectivity index (χ1v) is 26.9. The van der Waals surface area contributed by atoms with E-state index in [4.69, 9.17) is 4.74 Å². The van der Waals surface area contributed by atoms with Crippen molar-refractivity contribution in [2.24, 2.45) is 0 Å². The molecule has 1 spiro atoms. The Morgan fingerprint density at radius 3 is 1.28 bits per heavy atom. The molecule has 2 aliphatic heterocycles. The SMILES string of the molecule is c1ccc([Si]2(c3ccccc3)c3ccccc3C3(c4ccccc4Oc4ccccc43)c3cccc(N(c4ccc(-c5cccc6ccccc56)cc4)c4ccc(-c5cccc6ccccc56)cc4)c32)cc1. The summed E-state index contributed by atoms with van der Waals surface area (Å²) in [6, 6.07) is 106. The van der Waals surface area contributed by atoms with E-state index in [9.17, 15) is 0 Å². The summed E-state index contributed by atoms with van der Waals surface area (Å²) in [6.45, 7) is 0. The zero-order valence-corrected chi connectivity index (χ0v) is 40.5. The Kier molecular flexibility index (Phi) is 9.80. The van der Waals surface area contributed by atoms with Crippen molar-refractivity contribution in [3.05, 3.63) is 307 Å². The molecule has 2 aliphatic rings. The van der Waals surface area contributed by atoms with Crippen LogP contribution in [-0.4, -0.2) is 8.07 Å². The molecule has 0 bridgehead atoms. The number of hydrogen-bond acceptors (Lipinski definition) is 2. The highest BCUT2D eigenvalue weighted by Crippen LogP contribution is 2.57. The van der Waals surface area contributed by atoms with Crippen LogP contribution in [0.15, 0.2) is 285 Å². The molecule has 0 fully saturated rings. The molecular formula is C69H47NOSi. The third-order valence-corrected chi connectivity index (χ3v) is 20.4. The molecule has 12 aromatic carbocycles. The van der Waals surface area contributed by atoms with E-state index in [0.29, 0.717) is 0 Å². The van der Waals surface area contributed by atoms with E-state index in [0.717, 1.165) is 39.7 Å². The minimum absolute atomic E-state index is 0.727. The molecule has 0 aliphatic carbocycles. The van der Waals surface area contributed by atoms with Gasteiger partial charge in [0.2, 0.25) is 0 Å². The molecule has 2 nitrogen and oxygen atoms in total. The van der Waals surface area contributed by atoms with Crippen LogP contribution in [0.3, 0.4) is 0 Å². The standard InChI is InChI=1S/C69H47NOSi/c1-3-24-54(25-4-1)72(55-26-5-2-6-27-55)67-39-16-13-34-62(67)69(60-32-11-14-37-65(60)71-66-38-15-12-33-61(66)69)63-35-19-36-64(68(63)72)70(52-44-40-50(41-45-52)58-30-17-22-48-20-7-9-28-56(48)58)53-46-42-51(43-47-53)59-31-18-23-49-21-8-10-29-57(49)59/h1-47H. The molecule has 0 unspecified atom stereocenters. The third kappa shape index (κ3) is 6.21. The second kappa shape index (κ2) is 16.8. The number of benzene rings is 12. The predicted octanol–water partition coefficient (Wildman–Crippen LogP) is 15.0. The lowest BCUT2D eigenvalue weighted by Crippen LogP contribution is -2.79. The van der Waals surface area contributed by atoms with Crippen LogP contribution >= 0.6 is 0 Å². The average Bonchev–Trinajstić information content (AvgIpc) is 3.46. The molecule has 0 N–H and O–H groups in total. The van der Waals surface area contributed by atoms with Gasteiger partial charge in [-0.15, -0.1) is 0 Å². The second-order valence-corrected chi connectivity index (χ2v) is 22.7. The van der Waals surface area contributed by atoms with Crippen molar-refractivity contribution < 1.29 is 4.74 Å². The summed E-state index contributed by atoms with van der Waals surface area (Å²) in [6.07, 6.45) is 0. The molecule has 14 rings (SSSR count). The summed E-state index contributed by atoms with van der Waals surface area (Å²) < 4.78 is 6.92. The summed E-state index contributed by atoms with van der Waals surface area (Å²) in [5, 5.41) is 10.3. The third-order valence-electron chi connectivity index (χ3n) is 15.5. The minimum Gasteiger partial charge on any atom is -0.457 e. The van der Waals surface area contributed by atoms with Gasteiger partial charge in [0.05, 0.1) is 5.41 Å². The molecular weight excluding hydrogens is 887 g/mol. The van der Waals surface area contributed by atoms with Gasteiger partial charge < -0.3 is 9.64 Å². The largest absolute Gasteiger partial charge is 0.457 e. The molecule has 0 saturated carbocycles. The van der Waals surface area contributed by atoms with E-state index >= 15 is 0 Å². The topological polar surface area (TPSA) is 12.5 Å². The zero-order valence-electron chi connectivity index (χ0n) is 39.5. The van der Waals surface area contributed by atoms with Crippen molar-refractivity contribution in [3.8, 4) is 33.8 Å². The normalized spacial score (nSPS) is 13.6. The second-order valence-electron chi connectivity index (χ2n) is 19.1. The highest BCUT2D eigenvalue weighted by Gasteiger charge is 2.58. The fourth-order valence-corrected chi connectivity index (χ4v) is 18.0. The van der Waals surface area contributed by atoms with Gasteiger partial charge >= 0.3 is 0 Å². The smallest absolute Gasteiger partial charge is 0.182 e. The van der Waals surface area contributed by atoms with Crippen LogP contribution in [0.25, 0.3) is 43.8 Å². The van der Waals surface area contributed by atoms with E-state index < -0.39 is 13.5 Å². The Morgan fingerprint density at radius 2 is 0.736 bits per heavy atom. The molecule has 0 amide bonds. The van der Waals surface area contributed by atoms with Crippen LogP contribution in [0.2, 0.25) is 0 Å². The van der Waals surface area contributed by atoms with Gasteiger partial charge in [-0.3, -0.25) is 0 Å². The summed E-state index contributed by atoms with van der Waals surface area (Å²) in [5.74, 6) is 1.75. The van der Waals surface area contributed by atoms with Crippen molar-refractivity contribution in [1.29, 1.82) is 0 Å². The first kappa shape index (κ1) is 41.9. The van der Waals surface area contributed by atoms with Crippen molar-refractivity contribution in [3.63, 3.8) is 0 Å². The Morgan fingerprint density at radius 1 is 0.319 bits per heavy atom. The van der Waals surface area contributed by atoms with Crippen LogP contribution in [0, 0.1) is 0 Å². The molecule has 3 heteroatoms. The van der Waals surface area contributed by atoms with E-state index in [2.05, 4.69) is 290 Å². The first-order valence-electron chi connectivity index (χ1n) is 24.9. The summed E-state index contributed by atoms with van der Waals surface area (Å²) >= 11 is 0. The Balaban J connectivity index is 1.10. The van der Waals surface area contributed by atoms with E-state index in [1.54, 1.807) is 0 Å². The van der Waals surface area contributed by atoms with Gasteiger partial charge in [-0.2, -0.15) is 0 Å². The number of nitrogens with zero attached hydrogens (tertiary/aromatic N) is 1. The molecule has 2 heterocycles. The van der Waals surface area contributed by atoms with E-state index in [1.165, 1.54) is 75.7 Å². The quantitative estimate of drug-likeness (QED) is 0.148. The Hall–Kier alpha value is -9.02. The van der Waals surface area contributed by atoms with Crippen LogP contribution in [-0.2, 0) is 5.41 Å². The molecule has 12 aromatic rings. The van der Waals surface area contributed by atoms with Crippen molar-refractivity contribution in [1.82, 2.24) is 0 Å². The number of fused-ring (bicyclic) bond motifs is 10. The molecule has 0 atom stereocenters. The zero-order chi connectivity index (χ0) is 47.6. The average molecular weight is 934 g/mol. The Labute approximate surface area is 421 Å². The molecule has 0 saturated heterocycles. The van der Waals surface area contributed by atoms with Crippen LogP contribution < -0.4 is 30.4 Å². The predicted molar refractivity (Wildman–Crippen MR) is 303 cm³/mol. The van der Waals surface area contributed by atoms with Gasteiger partial charge in [0.15, 0.2) is 8.07 Å². The number of hydrogen-bond donors (Lipinski definition) is 0. The molecule has 338 valence electrons. The fraction of sp³-hybridized carbons (Fsp3) is 0.0145. The number of para-hydroxylation sites is 2. The van der Waals surface area contributed by atoms with Crippen LogP contribution in [0.5, 0.6) is 11.5 Å². The monoisotopic (exact) mass is 933 g/mol. The van der Waals surface area contributed by atoms with Gasteiger partial charge in [-0.25, -0.2) is 0 Å². The Bertz CT molecular complexity index is 3800. The van der Waals surface area contributed by atoms with Crippen LogP contribution in [0.4, 0.5) is 17.1 Å². The lowest BCUT2D eigenvalue weighted by atomic mass is 9.63. The molecule has 0 aromatic heterocycles. The maximum Gasteiger partial charge on any atom is 0.182 e. The van der Waals surface area contributed by atoms with Gasteiger partial charge in [0, 0.05) is 28.2 Å². The lowest BCUT2D eigenvalue weighted by Gasteiger charge is -2.52. The number of anilines is 3. The van der Waals surface area contributed by atoms with Gasteiger partial charge in [0.25, 0.3) is 0 Å². The highest BCUT2D eigenvalue weighted by atomic mass is 28.3. The number of rotatable bonds is 7. The van der Waals surface area contributed by atoms with Crippen molar-refractivity contribution in [2.45, 2.75) is 5.41 Å². The maximum absolute atomic E-state index is 6.92. The van der Waals surface area contributed by atoms with Gasteiger partial charge in [-0.1, -0.05) is 243 Å². The first-order chi connectivity index (χ1) is 35.7. The number of ether oxygens (including phenoxy) is 1. The fourth-order valence-electron chi connectivity index (χ4n) is 12.5. The van der Waals surface area contributed by atoms with Gasteiger partial charge in [-0.05, 0) is 118 Å². The summed E-state index contributed by atoms with van der Waals surface area (Å²) in [4.78, 5) is 2.55. The van der Waals surface area contributed by atoms with Gasteiger partial charge in [0.1, 0.15) is 11.5 Å². The van der Waals surface area contributed by atoms with E-state index in [1.807, 2.05) is 0 Å². The minimum atomic E-state index is -3.27. The van der Waals surface area contributed by atoms with E-state index in [-0.39, 0.29) is 0 Å². The maximum atomic E-state index is 6.92. The molecule has 0 radical (unpaired) electrons.